The van der Waals surface area contributed by atoms with Crippen LogP contribution in [0.1, 0.15) is 128 Å². The van der Waals surface area contributed by atoms with E-state index in [0.717, 1.165) is 45.1 Å². The molecule has 2 aromatic heterocycles. The molecule has 6 heterocycles. The molecule has 0 amide bonds. The van der Waals surface area contributed by atoms with Gasteiger partial charge in [0.25, 0.3) is 13.4 Å². The summed E-state index contributed by atoms with van der Waals surface area (Å²) in [5, 5.41) is 5.18. The molecule has 0 saturated heterocycles. The number of fused-ring (bicyclic) bond motifs is 14. The molecule has 80 heavy (non-hydrogen) atoms. The topological polar surface area (TPSA) is 28.3 Å². The fourth-order valence-electron chi connectivity index (χ4n) is 14.5. The highest BCUT2D eigenvalue weighted by atomic mass is 16.5. The summed E-state index contributed by atoms with van der Waals surface area (Å²) in [6.45, 7) is 36.7. The Labute approximate surface area is 472 Å². The standard InChI is InChI=1S/C74H70B2N2O2/c1-39-21-40(2)24-43(23-39)45-27-61-67-65(29-45)79-63-37-56-64(38-55(63)75(67)57-35-49(73(11,12)13)33-53-51-31-47(71(5,6)7)17-19-59(51)77(61)69(53)57)80-66-30-46(44-25-41(3)22-42(4)26-44)28-62-68(66)76(56)58-36-50(74(14,15)16)34-54-52-32-48(72(8,9)10)18-20-60(52)78(62)70(54)58/h17-38H,1-16H3. The molecule has 4 nitrogen and oxygen atoms in total. The van der Waals surface area contributed by atoms with Gasteiger partial charge in [-0.25, -0.2) is 0 Å². The molecule has 394 valence electrons. The highest BCUT2D eigenvalue weighted by Gasteiger charge is 2.47. The molecule has 4 aliphatic rings. The third kappa shape index (κ3) is 7.09. The van der Waals surface area contributed by atoms with Gasteiger partial charge >= 0.3 is 0 Å². The van der Waals surface area contributed by atoms with E-state index in [2.05, 4.69) is 253 Å². The van der Waals surface area contributed by atoms with E-state index in [-0.39, 0.29) is 35.1 Å². The van der Waals surface area contributed by atoms with Crippen molar-refractivity contribution in [3.05, 3.63) is 178 Å². The van der Waals surface area contributed by atoms with Crippen molar-refractivity contribution < 1.29 is 9.47 Å². The first-order chi connectivity index (χ1) is 37.8. The Morgan fingerprint density at radius 3 is 1.00 bits per heavy atom. The van der Waals surface area contributed by atoms with Gasteiger partial charge in [0.2, 0.25) is 0 Å². The Morgan fingerprint density at radius 2 is 0.650 bits per heavy atom. The smallest absolute Gasteiger partial charge is 0.256 e. The van der Waals surface area contributed by atoms with Crippen molar-refractivity contribution >= 4 is 89.8 Å². The van der Waals surface area contributed by atoms with Crippen molar-refractivity contribution in [3.63, 3.8) is 0 Å². The van der Waals surface area contributed by atoms with Crippen LogP contribution < -0.4 is 42.3 Å². The summed E-state index contributed by atoms with van der Waals surface area (Å²) >= 11 is 0. The zero-order valence-corrected chi connectivity index (χ0v) is 49.6. The maximum atomic E-state index is 7.64. The minimum absolute atomic E-state index is 0.0183. The molecule has 11 aromatic rings. The van der Waals surface area contributed by atoms with E-state index < -0.39 is 0 Å². The van der Waals surface area contributed by atoms with E-state index >= 15 is 0 Å². The molecular formula is C74H70B2N2O2. The zero-order valence-electron chi connectivity index (χ0n) is 49.6. The zero-order chi connectivity index (χ0) is 55.8. The predicted octanol–water partition coefficient (Wildman–Crippen LogP) is 15.5. The van der Waals surface area contributed by atoms with Crippen molar-refractivity contribution in [1.29, 1.82) is 0 Å². The Morgan fingerprint density at radius 1 is 0.312 bits per heavy atom. The van der Waals surface area contributed by atoms with Gasteiger partial charge in [-0.2, -0.15) is 0 Å². The van der Waals surface area contributed by atoms with Gasteiger partial charge in [0, 0.05) is 44.0 Å². The second-order valence-corrected chi connectivity index (χ2v) is 28.6. The summed E-state index contributed by atoms with van der Waals surface area (Å²) < 4.78 is 20.4. The molecule has 0 radical (unpaired) electrons. The number of hydrogen-bond donors (Lipinski definition) is 0. The SMILES string of the molecule is Cc1cc(C)cc(-c2cc3c4c(c2)-n2c5ccc(C(C)(C)C)cc5c5cc(C(C)(C)C)cc(c52)B4c2cc4c(cc2O3)B2c3c(cc(-c5cc(C)cc(C)c5)cc3-n3c5ccc(C(C)(C)C)cc5c5cc(C(C)(C)C)cc2c53)O4)c1. The summed E-state index contributed by atoms with van der Waals surface area (Å²) in [5.74, 6) is 3.61. The fraction of sp³-hybridized carbons (Fsp3) is 0.270. The van der Waals surface area contributed by atoms with E-state index in [4.69, 9.17) is 9.47 Å². The number of hydrogen-bond acceptors (Lipinski definition) is 2. The maximum Gasteiger partial charge on any atom is 0.256 e. The number of rotatable bonds is 2. The normalized spacial score (nSPS) is 14.2. The first-order valence-electron chi connectivity index (χ1n) is 29.1. The molecule has 0 fully saturated rings. The third-order valence-electron chi connectivity index (χ3n) is 18.5. The van der Waals surface area contributed by atoms with Crippen LogP contribution >= 0.6 is 0 Å². The molecular weight excluding hydrogens is 970 g/mol. The van der Waals surface area contributed by atoms with Crippen LogP contribution in [0.25, 0.3) is 77.2 Å². The lowest BCUT2D eigenvalue weighted by atomic mass is 9.32. The summed E-state index contributed by atoms with van der Waals surface area (Å²) in [6, 6.07) is 52.7. The van der Waals surface area contributed by atoms with Crippen LogP contribution in [0.2, 0.25) is 0 Å². The molecule has 0 unspecified atom stereocenters. The van der Waals surface area contributed by atoms with Gasteiger partial charge in [-0.15, -0.1) is 0 Å². The molecule has 0 spiro atoms. The van der Waals surface area contributed by atoms with Crippen LogP contribution in [-0.2, 0) is 21.7 Å². The number of benzene rings is 9. The van der Waals surface area contributed by atoms with Gasteiger partial charge in [-0.1, -0.05) is 166 Å². The van der Waals surface area contributed by atoms with Crippen molar-refractivity contribution in [2.75, 3.05) is 0 Å². The monoisotopic (exact) mass is 1040 g/mol. The lowest BCUT2D eigenvalue weighted by Crippen LogP contribution is -2.61. The minimum atomic E-state index is -0.130. The van der Waals surface area contributed by atoms with E-state index in [1.807, 2.05) is 0 Å². The first-order valence-corrected chi connectivity index (χ1v) is 29.1. The van der Waals surface area contributed by atoms with Crippen molar-refractivity contribution in [3.8, 4) is 56.6 Å². The number of aromatic nitrogens is 2. The summed E-state index contributed by atoms with van der Waals surface area (Å²) in [6.07, 6.45) is 0. The Kier molecular flexibility index (Phi) is 9.89. The predicted molar refractivity (Wildman–Crippen MR) is 342 cm³/mol. The van der Waals surface area contributed by atoms with Crippen LogP contribution in [0, 0.1) is 27.7 Å². The van der Waals surface area contributed by atoms with Gasteiger partial charge in [0.05, 0.1) is 11.0 Å². The average molecular weight is 1040 g/mol. The largest absolute Gasteiger partial charge is 0.458 e. The molecule has 4 aliphatic heterocycles. The van der Waals surface area contributed by atoms with E-state index in [1.165, 1.54) is 132 Å². The maximum absolute atomic E-state index is 7.64. The Bertz CT molecular complexity index is 4290. The third-order valence-corrected chi connectivity index (χ3v) is 18.5. The van der Waals surface area contributed by atoms with Crippen LogP contribution in [0.5, 0.6) is 23.0 Å². The number of aryl methyl sites for hydroxylation is 4. The highest BCUT2D eigenvalue weighted by molar-refractivity contribution is 7.01. The Balaban J connectivity index is 1.05. The number of ether oxygens (including phenoxy) is 2. The molecule has 0 N–H and O–H groups in total. The quantitative estimate of drug-likeness (QED) is 0.161. The van der Waals surface area contributed by atoms with Crippen molar-refractivity contribution in [2.45, 2.75) is 132 Å². The molecule has 0 bridgehead atoms. The van der Waals surface area contributed by atoms with E-state index in [1.54, 1.807) is 0 Å². The lowest BCUT2D eigenvalue weighted by Gasteiger charge is -2.38. The average Bonchev–Trinajstić information content (AvgIpc) is 3.31. The second-order valence-electron chi connectivity index (χ2n) is 28.6. The molecule has 15 rings (SSSR count). The van der Waals surface area contributed by atoms with Gasteiger partial charge in [0.1, 0.15) is 23.0 Å². The molecule has 0 atom stereocenters. The van der Waals surface area contributed by atoms with Crippen LogP contribution in [0.4, 0.5) is 0 Å². The van der Waals surface area contributed by atoms with Crippen LogP contribution in [-0.4, -0.2) is 22.6 Å². The van der Waals surface area contributed by atoms with Gasteiger partial charge in [-0.05, 0) is 199 Å². The molecule has 0 saturated carbocycles. The van der Waals surface area contributed by atoms with Crippen LogP contribution in [0.15, 0.2) is 133 Å². The van der Waals surface area contributed by atoms with E-state index in [9.17, 15) is 0 Å². The second kappa shape index (κ2) is 16.0. The fourth-order valence-corrected chi connectivity index (χ4v) is 14.5. The minimum Gasteiger partial charge on any atom is -0.458 e. The van der Waals surface area contributed by atoms with Gasteiger partial charge < -0.3 is 18.6 Å². The van der Waals surface area contributed by atoms with Crippen molar-refractivity contribution in [1.82, 2.24) is 9.13 Å². The lowest BCUT2D eigenvalue weighted by molar-refractivity contribution is 0.476. The van der Waals surface area contributed by atoms with Crippen LogP contribution in [0.3, 0.4) is 0 Å². The summed E-state index contributed by atoms with van der Waals surface area (Å²) in [5.41, 5.74) is 29.4. The summed E-state index contributed by atoms with van der Waals surface area (Å²) in [4.78, 5) is 0. The van der Waals surface area contributed by atoms with E-state index in [0.29, 0.717) is 0 Å². The first kappa shape index (κ1) is 49.4. The Hall–Kier alpha value is -7.69. The van der Waals surface area contributed by atoms with Crippen molar-refractivity contribution in [2.24, 2.45) is 0 Å². The molecule has 6 heteroatoms. The highest BCUT2D eigenvalue weighted by Crippen LogP contribution is 2.46. The summed E-state index contributed by atoms with van der Waals surface area (Å²) in [7, 11) is 0. The van der Waals surface area contributed by atoms with Gasteiger partial charge in [-0.3, -0.25) is 0 Å². The number of nitrogens with zero attached hydrogens (tertiary/aromatic N) is 2. The van der Waals surface area contributed by atoms with Gasteiger partial charge in [0.15, 0.2) is 0 Å². The molecule has 0 aliphatic carbocycles. The molecule has 9 aromatic carbocycles.